The molecule has 1 aromatic rings. The van der Waals surface area contributed by atoms with Gasteiger partial charge in [-0.1, -0.05) is 18.7 Å². The van der Waals surface area contributed by atoms with Crippen molar-refractivity contribution in [3.8, 4) is 0 Å². The highest BCUT2D eigenvalue weighted by Crippen LogP contribution is 2.22. The van der Waals surface area contributed by atoms with Crippen molar-refractivity contribution < 1.29 is 9.18 Å². The molecule has 0 saturated heterocycles. The Hall–Kier alpha value is -1.64. The number of nitrogens with one attached hydrogen (secondary N) is 1. The molecule has 0 spiro atoms. The molecule has 0 radical (unpaired) electrons. The minimum Gasteiger partial charge on any atom is -0.349 e. The van der Waals surface area contributed by atoms with Crippen LogP contribution in [0.3, 0.4) is 0 Å². The minimum atomic E-state index is -0.479. The minimum absolute atomic E-state index is 0.150. The maximum absolute atomic E-state index is 13.7. The van der Waals surface area contributed by atoms with Crippen LogP contribution in [0.1, 0.15) is 34.3 Å². The lowest BCUT2D eigenvalue weighted by atomic mass is 10.0. The van der Waals surface area contributed by atoms with E-state index in [-0.39, 0.29) is 17.5 Å². The third-order valence-corrected chi connectivity index (χ3v) is 2.69. The maximum Gasteiger partial charge on any atom is 0.254 e. The lowest BCUT2D eigenvalue weighted by Crippen LogP contribution is -2.27. The molecule has 0 bridgehead atoms. The van der Waals surface area contributed by atoms with Crippen molar-refractivity contribution in [2.45, 2.75) is 25.8 Å². The van der Waals surface area contributed by atoms with Crippen LogP contribution >= 0.6 is 0 Å². The normalized spacial score (nSPS) is 14.6. The summed E-state index contributed by atoms with van der Waals surface area (Å²) in [5.74, 6) is -0.791. The summed E-state index contributed by atoms with van der Waals surface area (Å²) in [5.41, 5.74) is 1.49. The maximum atomic E-state index is 13.7. The molecule has 0 heterocycles. The van der Waals surface area contributed by atoms with Crippen LogP contribution < -0.4 is 5.32 Å². The van der Waals surface area contributed by atoms with E-state index in [1.54, 1.807) is 19.1 Å². The number of carbonyl (C=O) groups is 1. The second-order valence-corrected chi connectivity index (χ2v) is 4.15. The molecule has 1 amide bonds. The Morgan fingerprint density at radius 3 is 2.75 bits per heavy atom. The first-order chi connectivity index (χ1) is 7.61. The molecule has 3 heteroatoms. The van der Waals surface area contributed by atoms with Crippen LogP contribution in [-0.2, 0) is 0 Å². The number of benzene rings is 1. The zero-order chi connectivity index (χ0) is 11.7. The number of hydrogen-bond acceptors (Lipinski definition) is 1. The van der Waals surface area contributed by atoms with Crippen LogP contribution in [0.4, 0.5) is 4.39 Å². The van der Waals surface area contributed by atoms with E-state index in [1.807, 2.05) is 0 Å². The van der Waals surface area contributed by atoms with Crippen molar-refractivity contribution in [3.63, 3.8) is 0 Å². The van der Waals surface area contributed by atoms with Crippen molar-refractivity contribution in [1.29, 1.82) is 0 Å². The number of halogens is 1. The first-order valence-electron chi connectivity index (χ1n) is 5.35. The Balaban J connectivity index is 2.31. The zero-order valence-electron chi connectivity index (χ0n) is 9.22. The summed E-state index contributed by atoms with van der Waals surface area (Å²) in [5, 5.41) is 2.78. The van der Waals surface area contributed by atoms with Gasteiger partial charge in [-0.05, 0) is 37.0 Å². The molecule has 2 rings (SSSR count). The average molecular weight is 219 g/mol. The van der Waals surface area contributed by atoms with E-state index in [2.05, 4.69) is 11.9 Å². The van der Waals surface area contributed by atoms with Crippen LogP contribution in [0.25, 0.3) is 6.08 Å². The summed E-state index contributed by atoms with van der Waals surface area (Å²) in [6.45, 7) is 5.31. The predicted octanol–water partition coefficient (Wildman–Crippen LogP) is 2.67. The monoisotopic (exact) mass is 219 g/mol. The molecule has 1 N–H and O–H groups in total. The van der Waals surface area contributed by atoms with Crippen molar-refractivity contribution in [3.05, 3.63) is 41.2 Å². The van der Waals surface area contributed by atoms with Crippen LogP contribution in [0.5, 0.6) is 0 Å². The molecule has 2 nitrogen and oxygen atoms in total. The highest BCUT2D eigenvalue weighted by molar-refractivity contribution is 5.96. The summed E-state index contributed by atoms with van der Waals surface area (Å²) < 4.78 is 13.7. The van der Waals surface area contributed by atoms with Crippen LogP contribution in [0, 0.1) is 12.7 Å². The molecule has 0 atom stereocenters. The quantitative estimate of drug-likeness (QED) is 0.832. The van der Waals surface area contributed by atoms with E-state index in [4.69, 9.17) is 0 Å². The van der Waals surface area contributed by atoms with Gasteiger partial charge >= 0.3 is 0 Å². The lowest BCUT2D eigenvalue weighted by Gasteiger charge is -2.09. The van der Waals surface area contributed by atoms with Gasteiger partial charge < -0.3 is 5.32 Å². The molecular weight excluding hydrogens is 205 g/mol. The number of hydrogen-bond donors (Lipinski definition) is 1. The lowest BCUT2D eigenvalue weighted by molar-refractivity contribution is 0.0946. The molecule has 1 saturated carbocycles. The molecule has 0 aromatic heterocycles. The van der Waals surface area contributed by atoms with E-state index in [0.717, 1.165) is 12.8 Å². The molecular formula is C13H14FNO. The van der Waals surface area contributed by atoms with E-state index in [0.29, 0.717) is 11.1 Å². The van der Waals surface area contributed by atoms with Gasteiger partial charge in [0.2, 0.25) is 0 Å². The second kappa shape index (κ2) is 4.08. The molecule has 84 valence electrons. The number of rotatable bonds is 3. The molecule has 1 aromatic carbocycles. The van der Waals surface area contributed by atoms with Gasteiger partial charge in [0.1, 0.15) is 5.82 Å². The third kappa shape index (κ3) is 2.13. The summed E-state index contributed by atoms with van der Waals surface area (Å²) in [6, 6.07) is 3.34. The number of aryl methyl sites for hydroxylation is 1. The van der Waals surface area contributed by atoms with Gasteiger partial charge in [0.25, 0.3) is 5.91 Å². The summed E-state index contributed by atoms with van der Waals surface area (Å²) >= 11 is 0. The fraction of sp³-hybridized carbons (Fsp3) is 0.308. The molecule has 0 unspecified atom stereocenters. The van der Waals surface area contributed by atoms with Crippen molar-refractivity contribution >= 4 is 12.0 Å². The highest BCUT2D eigenvalue weighted by atomic mass is 19.1. The van der Waals surface area contributed by atoms with Gasteiger partial charge in [-0.15, -0.1) is 0 Å². The van der Waals surface area contributed by atoms with Crippen molar-refractivity contribution in [2.75, 3.05) is 0 Å². The van der Waals surface area contributed by atoms with Crippen LogP contribution in [0.2, 0.25) is 0 Å². The van der Waals surface area contributed by atoms with Crippen LogP contribution in [-0.4, -0.2) is 11.9 Å². The van der Waals surface area contributed by atoms with E-state index >= 15 is 0 Å². The first kappa shape index (κ1) is 10.9. The fourth-order valence-corrected chi connectivity index (χ4v) is 1.66. The molecule has 1 aliphatic rings. The van der Waals surface area contributed by atoms with E-state index in [1.165, 1.54) is 6.07 Å². The van der Waals surface area contributed by atoms with Crippen molar-refractivity contribution in [2.24, 2.45) is 0 Å². The summed E-state index contributed by atoms with van der Waals surface area (Å²) in [4.78, 5) is 11.8. The standard InChI is InChI=1S/C13H14FNO/c1-3-9-6-8(2)12(11(14)7-9)13(16)15-10-4-5-10/h3,6-7,10H,1,4-5H2,2H3,(H,15,16). The molecule has 1 fully saturated rings. The average Bonchev–Trinajstić information content (AvgIpc) is 3.00. The Morgan fingerprint density at radius 2 is 2.25 bits per heavy atom. The number of amides is 1. The highest BCUT2D eigenvalue weighted by Gasteiger charge is 2.25. The Kier molecular flexibility index (Phi) is 2.77. The SMILES string of the molecule is C=Cc1cc(C)c(C(=O)NC2CC2)c(F)c1. The summed E-state index contributed by atoms with van der Waals surface area (Å²) in [7, 11) is 0. The third-order valence-electron chi connectivity index (χ3n) is 2.69. The predicted molar refractivity (Wildman–Crippen MR) is 61.7 cm³/mol. The first-order valence-corrected chi connectivity index (χ1v) is 5.35. The molecule has 0 aliphatic heterocycles. The largest absolute Gasteiger partial charge is 0.349 e. The van der Waals surface area contributed by atoms with Gasteiger partial charge in [0, 0.05) is 6.04 Å². The molecule has 16 heavy (non-hydrogen) atoms. The number of carbonyl (C=O) groups excluding carboxylic acids is 1. The summed E-state index contributed by atoms with van der Waals surface area (Å²) in [6.07, 6.45) is 3.56. The van der Waals surface area contributed by atoms with Gasteiger partial charge in [-0.25, -0.2) is 4.39 Å². The Bertz CT molecular complexity index is 426. The topological polar surface area (TPSA) is 29.1 Å². The smallest absolute Gasteiger partial charge is 0.254 e. The van der Waals surface area contributed by atoms with Gasteiger partial charge in [0.15, 0.2) is 0 Å². The van der Waals surface area contributed by atoms with Gasteiger partial charge in [-0.2, -0.15) is 0 Å². The van der Waals surface area contributed by atoms with E-state index < -0.39 is 5.82 Å². The molecule has 1 aliphatic carbocycles. The fourth-order valence-electron chi connectivity index (χ4n) is 1.66. The van der Waals surface area contributed by atoms with Gasteiger partial charge in [0.05, 0.1) is 5.56 Å². The zero-order valence-corrected chi connectivity index (χ0v) is 9.22. The van der Waals surface area contributed by atoms with E-state index in [9.17, 15) is 9.18 Å². The Labute approximate surface area is 94.2 Å². The van der Waals surface area contributed by atoms with Crippen LogP contribution in [0.15, 0.2) is 18.7 Å². The Morgan fingerprint density at radius 1 is 1.56 bits per heavy atom. The van der Waals surface area contributed by atoms with Crippen molar-refractivity contribution in [1.82, 2.24) is 5.32 Å². The second-order valence-electron chi connectivity index (χ2n) is 4.15. The van der Waals surface area contributed by atoms with Gasteiger partial charge in [-0.3, -0.25) is 4.79 Å².